The average Bonchev–Trinajstić information content (AvgIpc) is 2.09. The molecule has 0 N–H and O–H groups in total. The number of hydrogen-bond donors (Lipinski definition) is 0. The van der Waals surface area contributed by atoms with E-state index in [1.165, 1.54) is 13.8 Å². The van der Waals surface area contributed by atoms with E-state index in [0.717, 1.165) is 0 Å². The molecule has 0 heterocycles. The Labute approximate surface area is 118 Å². The summed E-state index contributed by atoms with van der Waals surface area (Å²) in [5.74, 6) is -1.75. The van der Waals surface area contributed by atoms with E-state index in [1.807, 2.05) is 0 Å². The van der Waals surface area contributed by atoms with Crippen LogP contribution >= 0.6 is 0 Å². The first kappa shape index (κ1) is 18.3. The molecule has 1 atom stereocenters. The van der Waals surface area contributed by atoms with Gasteiger partial charge in [0.1, 0.15) is 36.1 Å². The number of ketones is 2. The summed E-state index contributed by atoms with van der Waals surface area (Å²) < 4.78 is 10.2. The van der Waals surface area contributed by atoms with Gasteiger partial charge in [0.15, 0.2) is 0 Å². The van der Waals surface area contributed by atoms with Crippen molar-refractivity contribution >= 4 is 23.5 Å². The topological polar surface area (TPSA) is 86.7 Å². The zero-order valence-electron chi connectivity index (χ0n) is 12.6. The van der Waals surface area contributed by atoms with Gasteiger partial charge < -0.3 is 9.47 Å². The summed E-state index contributed by atoms with van der Waals surface area (Å²) in [6.07, 6.45) is -0.765. The summed E-state index contributed by atoms with van der Waals surface area (Å²) >= 11 is 0. The van der Waals surface area contributed by atoms with Gasteiger partial charge in [-0.05, 0) is 34.6 Å². The first-order valence-corrected chi connectivity index (χ1v) is 6.42. The fraction of sp³-hybridized carbons (Fsp3) is 0.714. The largest absolute Gasteiger partial charge is 0.462 e. The number of Topliss-reactive ketones (excluding diaryl/α,β-unsaturated/α-hetero) is 2. The summed E-state index contributed by atoms with van der Waals surface area (Å²) in [7, 11) is 0. The quantitative estimate of drug-likeness (QED) is 0.497. The van der Waals surface area contributed by atoms with Crippen LogP contribution in [0.3, 0.4) is 0 Å². The highest BCUT2D eigenvalue weighted by Gasteiger charge is 2.27. The van der Waals surface area contributed by atoms with Gasteiger partial charge in [-0.2, -0.15) is 0 Å². The molecule has 0 aromatic rings. The lowest BCUT2D eigenvalue weighted by molar-refractivity contribution is -0.162. The van der Waals surface area contributed by atoms with Crippen LogP contribution in [-0.4, -0.2) is 35.2 Å². The molecular weight excluding hydrogens is 264 g/mol. The maximum absolute atomic E-state index is 11.4. The number of rotatable bonds is 8. The van der Waals surface area contributed by atoms with Crippen LogP contribution in [0, 0.1) is 0 Å². The van der Waals surface area contributed by atoms with E-state index in [-0.39, 0.29) is 30.8 Å². The molecule has 0 aliphatic heterocycles. The average molecular weight is 286 g/mol. The summed E-state index contributed by atoms with van der Waals surface area (Å²) in [5.41, 5.74) is -0.859. The standard InChI is InChI=1S/C14H22O6/c1-9(15)6-12(17)19-11(3)8-14(4,5)20-13(18)7-10(2)16/h11H,6-8H2,1-5H3. The van der Waals surface area contributed by atoms with Gasteiger partial charge in [-0.15, -0.1) is 0 Å². The highest BCUT2D eigenvalue weighted by Crippen LogP contribution is 2.19. The molecule has 0 fully saturated rings. The minimum absolute atomic E-state index is 0.269. The third kappa shape index (κ3) is 9.24. The molecule has 0 aromatic heterocycles. The first-order chi connectivity index (χ1) is 9.01. The molecule has 0 saturated carbocycles. The van der Waals surface area contributed by atoms with Crippen molar-refractivity contribution in [2.45, 2.75) is 65.6 Å². The van der Waals surface area contributed by atoms with Gasteiger partial charge >= 0.3 is 11.9 Å². The van der Waals surface area contributed by atoms with Crippen LogP contribution in [0.2, 0.25) is 0 Å². The molecule has 0 aliphatic rings. The van der Waals surface area contributed by atoms with Crippen molar-refractivity contribution in [3.05, 3.63) is 0 Å². The normalized spacial score (nSPS) is 12.4. The molecule has 6 heteroatoms. The lowest BCUT2D eigenvalue weighted by atomic mass is 10.0. The number of carbonyl (C=O) groups excluding carboxylic acids is 4. The summed E-state index contributed by atoms with van der Waals surface area (Å²) in [4.78, 5) is 44.3. The summed E-state index contributed by atoms with van der Waals surface area (Å²) in [6.45, 7) is 7.60. The first-order valence-electron chi connectivity index (χ1n) is 6.42. The molecule has 0 aliphatic carbocycles. The van der Waals surface area contributed by atoms with E-state index in [0.29, 0.717) is 0 Å². The molecule has 114 valence electrons. The van der Waals surface area contributed by atoms with E-state index in [9.17, 15) is 19.2 Å². The molecule has 0 rings (SSSR count). The Kier molecular flexibility index (Phi) is 7.10. The van der Waals surface area contributed by atoms with Crippen molar-refractivity contribution in [2.24, 2.45) is 0 Å². The Bertz CT molecular complexity index is 396. The van der Waals surface area contributed by atoms with E-state index >= 15 is 0 Å². The van der Waals surface area contributed by atoms with Crippen LogP contribution in [-0.2, 0) is 28.7 Å². The Morgan fingerprint density at radius 3 is 1.85 bits per heavy atom. The van der Waals surface area contributed by atoms with Crippen molar-refractivity contribution in [3.8, 4) is 0 Å². The zero-order chi connectivity index (χ0) is 15.9. The second-order valence-corrected chi connectivity index (χ2v) is 5.50. The summed E-state index contributed by atoms with van der Waals surface area (Å²) in [5, 5.41) is 0. The number of ether oxygens (including phenoxy) is 2. The Hall–Kier alpha value is -1.72. The van der Waals surface area contributed by atoms with Crippen LogP contribution in [0.25, 0.3) is 0 Å². The van der Waals surface area contributed by atoms with Crippen molar-refractivity contribution in [1.29, 1.82) is 0 Å². The molecular formula is C14H22O6. The Balaban J connectivity index is 4.30. The van der Waals surface area contributed by atoms with E-state index in [1.54, 1.807) is 20.8 Å². The maximum Gasteiger partial charge on any atom is 0.313 e. The lowest BCUT2D eigenvalue weighted by Gasteiger charge is -2.27. The fourth-order valence-electron chi connectivity index (χ4n) is 1.79. The SMILES string of the molecule is CC(=O)CC(=O)OC(C)CC(C)(C)OC(=O)CC(C)=O. The van der Waals surface area contributed by atoms with E-state index in [4.69, 9.17) is 9.47 Å². The van der Waals surface area contributed by atoms with Crippen molar-refractivity contribution in [1.82, 2.24) is 0 Å². The van der Waals surface area contributed by atoms with Crippen molar-refractivity contribution in [2.75, 3.05) is 0 Å². The van der Waals surface area contributed by atoms with Gasteiger partial charge in [0.2, 0.25) is 0 Å². The lowest BCUT2D eigenvalue weighted by Crippen LogP contribution is -2.34. The van der Waals surface area contributed by atoms with Crippen LogP contribution in [0.4, 0.5) is 0 Å². The Morgan fingerprint density at radius 2 is 1.40 bits per heavy atom. The molecule has 0 bridgehead atoms. The minimum atomic E-state index is -0.859. The van der Waals surface area contributed by atoms with Crippen LogP contribution in [0.5, 0.6) is 0 Å². The highest BCUT2D eigenvalue weighted by atomic mass is 16.6. The second kappa shape index (κ2) is 7.77. The molecule has 0 saturated heterocycles. The second-order valence-electron chi connectivity index (χ2n) is 5.50. The molecule has 20 heavy (non-hydrogen) atoms. The molecule has 0 spiro atoms. The Morgan fingerprint density at radius 1 is 0.950 bits per heavy atom. The maximum atomic E-state index is 11.4. The molecule has 0 aromatic carbocycles. The molecule has 1 unspecified atom stereocenters. The molecule has 0 radical (unpaired) electrons. The van der Waals surface area contributed by atoms with Crippen LogP contribution < -0.4 is 0 Å². The van der Waals surface area contributed by atoms with E-state index < -0.39 is 23.6 Å². The van der Waals surface area contributed by atoms with Crippen LogP contribution in [0.15, 0.2) is 0 Å². The van der Waals surface area contributed by atoms with Gasteiger partial charge in [0.05, 0.1) is 0 Å². The smallest absolute Gasteiger partial charge is 0.313 e. The third-order valence-corrected chi connectivity index (χ3v) is 2.29. The minimum Gasteiger partial charge on any atom is -0.462 e. The monoisotopic (exact) mass is 286 g/mol. The molecule has 6 nitrogen and oxygen atoms in total. The number of hydrogen-bond acceptors (Lipinski definition) is 6. The van der Waals surface area contributed by atoms with Gasteiger partial charge in [-0.1, -0.05) is 0 Å². The molecule has 0 amide bonds. The third-order valence-electron chi connectivity index (χ3n) is 2.29. The van der Waals surface area contributed by atoms with Crippen molar-refractivity contribution < 1.29 is 28.7 Å². The van der Waals surface area contributed by atoms with Gasteiger partial charge in [-0.25, -0.2) is 0 Å². The van der Waals surface area contributed by atoms with E-state index in [2.05, 4.69) is 0 Å². The highest BCUT2D eigenvalue weighted by molar-refractivity contribution is 5.94. The summed E-state index contributed by atoms with van der Waals surface area (Å²) in [6, 6.07) is 0. The predicted molar refractivity (Wildman–Crippen MR) is 70.9 cm³/mol. The number of carbonyl (C=O) groups is 4. The number of esters is 2. The van der Waals surface area contributed by atoms with Crippen molar-refractivity contribution in [3.63, 3.8) is 0 Å². The zero-order valence-corrected chi connectivity index (χ0v) is 12.6. The van der Waals surface area contributed by atoms with Gasteiger partial charge in [0.25, 0.3) is 0 Å². The van der Waals surface area contributed by atoms with Gasteiger partial charge in [-0.3, -0.25) is 19.2 Å². The fourth-order valence-corrected chi connectivity index (χ4v) is 1.79. The van der Waals surface area contributed by atoms with Crippen LogP contribution in [0.1, 0.15) is 53.9 Å². The predicted octanol–water partition coefficient (Wildman–Crippen LogP) is 1.59. The van der Waals surface area contributed by atoms with Gasteiger partial charge in [0, 0.05) is 6.42 Å².